The molecule has 4 N–H and O–H groups in total. The number of aliphatic hydroxyl groups excluding tert-OH is 1. The maximum absolute atomic E-state index is 14.3. The Morgan fingerprint density at radius 2 is 2.10 bits per heavy atom. The zero-order valence-corrected chi connectivity index (χ0v) is 15.8. The number of hydroxylamine groups is 1. The second-order valence-corrected chi connectivity index (χ2v) is 6.67. The number of fused-ring (bicyclic) bond motifs is 1. The number of amides is 1. The van der Waals surface area contributed by atoms with Crippen LogP contribution in [0.25, 0.3) is 17.1 Å². The quantitative estimate of drug-likeness (QED) is 0.252. The number of carbonyl (C=O) groups excluding carboxylic acids is 1. The van der Waals surface area contributed by atoms with Crippen LogP contribution in [0.15, 0.2) is 48.8 Å². The van der Waals surface area contributed by atoms with Crippen molar-refractivity contribution in [3.05, 3.63) is 71.3 Å². The molecule has 0 spiro atoms. The maximum atomic E-state index is 14.3. The Morgan fingerprint density at radius 1 is 1.24 bits per heavy atom. The first-order valence-electron chi connectivity index (χ1n) is 9.25. The van der Waals surface area contributed by atoms with Crippen molar-refractivity contribution in [2.24, 2.45) is 0 Å². The predicted octanol–water partition coefficient (Wildman–Crippen LogP) is 2.26. The molecule has 0 aliphatic carbocycles. The Labute approximate surface area is 167 Å². The van der Waals surface area contributed by atoms with Crippen molar-refractivity contribution in [1.29, 1.82) is 0 Å². The van der Waals surface area contributed by atoms with Gasteiger partial charge in [0.2, 0.25) is 0 Å². The van der Waals surface area contributed by atoms with Crippen molar-refractivity contribution >= 4 is 23.0 Å². The molecule has 0 saturated heterocycles. The van der Waals surface area contributed by atoms with Gasteiger partial charge in [-0.3, -0.25) is 14.9 Å². The molecule has 0 radical (unpaired) electrons. The third-order valence-electron chi connectivity index (χ3n) is 4.59. The van der Waals surface area contributed by atoms with E-state index in [1.807, 2.05) is 23.4 Å². The highest BCUT2D eigenvalue weighted by Crippen LogP contribution is 2.15. The van der Waals surface area contributed by atoms with Gasteiger partial charge in [-0.2, -0.15) is 0 Å². The molecule has 3 aromatic rings. The van der Waals surface area contributed by atoms with Crippen molar-refractivity contribution in [1.82, 2.24) is 20.3 Å². The lowest BCUT2D eigenvalue weighted by Gasteiger charge is -2.21. The van der Waals surface area contributed by atoms with Crippen molar-refractivity contribution in [2.75, 3.05) is 19.7 Å². The van der Waals surface area contributed by atoms with Gasteiger partial charge in [0.25, 0.3) is 5.91 Å². The van der Waals surface area contributed by atoms with E-state index < -0.39 is 11.7 Å². The van der Waals surface area contributed by atoms with E-state index in [9.17, 15) is 14.3 Å². The van der Waals surface area contributed by atoms with Gasteiger partial charge in [0.05, 0.1) is 6.61 Å². The molecule has 1 aromatic carbocycles. The van der Waals surface area contributed by atoms with Gasteiger partial charge in [-0.25, -0.2) is 14.9 Å². The lowest BCUT2D eigenvalue weighted by Crippen LogP contribution is -2.28. The number of halogens is 1. The largest absolute Gasteiger partial charge is 0.395 e. The summed E-state index contributed by atoms with van der Waals surface area (Å²) in [5.41, 5.74) is 4.41. The summed E-state index contributed by atoms with van der Waals surface area (Å²) < 4.78 is 14.3. The van der Waals surface area contributed by atoms with E-state index >= 15 is 0 Å². The first-order chi connectivity index (χ1) is 14.1. The summed E-state index contributed by atoms with van der Waals surface area (Å²) in [6.45, 7) is 1.66. The number of nitrogens with one attached hydrogen (secondary N) is 2. The second kappa shape index (κ2) is 9.92. The summed E-state index contributed by atoms with van der Waals surface area (Å²) in [4.78, 5) is 20.5. The number of carbonyl (C=O) groups is 1. The molecule has 0 bridgehead atoms. The number of pyridine rings is 1. The fraction of sp³-hybridized carbons (Fsp3) is 0.238. The molecular weight excluding hydrogens is 375 g/mol. The molecule has 0 aliphatic heterocycles. The zero-order chi connectivity index (χ0) is 20.6. The number of nitrogens with zero attached hydrogens (tertiary/aromatic N) is 2. The summed E-state index contributed by atoms with van der Waals surface area (Å²) in [7, 11) is 0. The first-order valence-corrected chi connectivity index (χ1v) is 9.25. The number of aromatic nitrogens is 2. The average Bonchev–Trinajstić information content (AvgIpc) is 3.19. The monoisotopic (exact) mass is 398 g/mol. The van der Waals surface area contributed by atoms with Gasteiger partial charge in [-0.05, 0) is 41.8 Å². The lowest BCUT2D eigenvalue weighted by atomic mass is 10.1. The molecule has 1 amide bonds. The number of rotatable bonds is 9. The Balaban J connectivity index is 1.64. The highest BCUT2D eigenvalue weighted by atomic mass is 19.1. The smallest absolute Gasteiger partial charge is 0.267 e. The normalized spacial score (nSPS) is 11.6. The van der Waals surface area contributed by atoms with Gasteiger partial charge in [0.1, 0.15) is 11.5 Å². The molecular formula is C21H23FN4O3. The van der Waals surface area contributed by atoms with Crippen LogP contribution in [0.5, 0.6) is 0 Å². The molecule has 7 nitrogen and oxygen atoms in total. The average molecular weight is 398 g/mol. The van der Waals surface area contributed by atoms with Crippen LogP contribution >= 0.6 is 0 Å². The lowest BCUT2D eigenvalue weighted by molar-refractivity contribution is -0.124. The third-order valence-corrected chi connectivity index (χ3v) is 4.59. The van der Waals surface area contributed by atoms with Crippen LogP contribution in [0.1, 0.15) is 16.7 Å². The summed E-state index contributed by atoms with van der Waals surface area (Å²) >= 11 is 0. The molecule has 29 heavy (non-hydrogen) atoms. The van der Waals surface area contributed by atoms with E-state index in [0.29, 0.717) is 19.6 Å². The van der Waals surface area contributed by atoms with Crippen LogP contribution in [0.2, 0.25) is 0 Å². The Hall–Kier alpha value is -3.07. The minimum Gasteiger partial charge on any atom is -0.395 e. The van der Waals surface area contributed by atoms with E-state index in [4.69, 9.17) is 5.21 Å². The van der Waals surface area contributed by atoms with E-state index in [1.165, 1.54) is 17.6 Å². The number of hydrogen-bond donors (Lipinski definition) is 4. The predicted molar refractivity (Wildman–Crippen MR) is 108 cm³/mol. The van der Waals surface area contributed by atoms with Crippen LogP contribution in [-0.4, -0.2) is 50.8 Å². The number of benzene rings is 1. The Bertz CT molecular complexity index is 1000. The number of aliphatic hydroxyl groups is 1. The van der Waals surface area contributed by atoms with E-state index in [2.05, 4.69) is 16.0 Å². The van der Waals surface area contributed by atoms with Gasteiger partial charge in [0.15, 0.2) is 0 Å². The second-order valence-electron chi connectivity index (χ2n) is 6.67. The van der Waals surface area contributed by atoms with Crippen LogP contribution in [-0.2, 0) is 17.8 Å². The third kappa shape index (κ3) is 5.71. The van der Waals surface area contributed by atoms with E-state index in [0.717, 1.165) is 34.7 Å². The fourth-order valence-corrected chi connectivity index (χ4v) is 3.09. The fourth-order valence-electron chi connectivity index (χ4n) is 3.09. The topological polar surface area (TPSA) is 101 Å². The molecule has 2 aromatic heterocycles. The molecule has 0 unspecified atom stereocenters. The van der Waals surface area contributed by atoms with E-state index in [1.54, 1.807) is 12.1 Å². The number of hydrogen-bond acceptors (Lipinski definition) is 5. The summed E-state index contributed by atoms with van der Waals surface area (Å²) in [5, 5.41) is 18.9. The van der Waals surface area contributed by atoms with Crippen LogP contribution < -0.4 is 5.48 Å². The van der Waals surface area contributed by atoms with Gasteiger partial charge in [-0.15, -0.1) is 0 Å². The van der Waals surface area contributed by atoms with Gasteiger partial charge in [-0.1, -0.05) is 12.1 Å². The molecule has 3 rings (SSSR count). The minimum absolute atomic E-state index is 0.00860. The molecule has 152 valence electrons. The van der Waals surface area contributed by atoms with Crippen LogP contribution in [0.3, 0.4) is 0 Å². The van der Waals surface area contributed by atoms with Crippen molar-refractivity contribution in [2.45, 2.75) is 13.0 Å². The van der Waals surface area contributed by atoms with Gasteiger partial charge in [0, 0.05) is 49.1 Å². The summed E-state index contributed by atoms with van der Waals surface area (Å²) in [6.07, 6.45) is 6.78. The first kappa shape index (κ1) is 20.7. The summed E-state index contributed by atoms with van der Waals surface area (Å²) in [6, 6.07) is 8.82. The molecule has 0 atom stereocenters. The van der Waals surface area contributed by atoms with Crippen molar-refractivity contribution < 1.29 is 19.5 Å². The highest BCUT2D eigenvalue weighted by molar-refractivity contribution is 5.90. The number of aromatic amines is 1. The SMILES string of the molecule is O=C(/C=C/c1ccc(CN(CCO)CCc2cnc3[nH]ccc3c2)cc1F)NO. The Morgan fingerprint density at radius 3 is 2.86 bits per heavy atom. The molecule has 2 heterocycles. The highest BCUT2D eigenvalue weighted by Gasteiger charge is 2.09. The molecule has 0 aliphatic rings. The standard InChI is InChI=1S/C21H23FN4O3/c22-19-12-16(1-2-17(19)3-4-20(28)25-29)14-26(9-10-27)8-6-15-11-18-5-7-23-21(18)24-13-15/h1-5,7,11-13,27,29H,6,8-10,14H2,(H,23,24)(H,25,28)/b4-3+. The molecule has 8 heteroatoms. The van der Waals surface area contributed by atoms with Gasteiger partial charge < -0.3 is 10.1 Å². The molecule has 0 saturated carbocycles. The Kier molecular flexibility index (Phi) is 7.07. The van der Waals surface area contributed by atoms with Crippen molar-refractivity contribution in [3.63, 3.8) is 0 Å². The minimum atomic E-state index is -0.727. The van der Waals surface area contributed by atoms with E-state index in [-0.39, 0.29) is 12.2 Å². The summed E-state index contributed by atoms with van der Waals surface area (Å²) in [5.74, 6) is -1.19. The van der Waals surface area contributed by atoms with Crippen LogP contribution in [0.4, 0.5) is 4.39 Å². The molecule has 0 fully saturated rings. The number of H-pyrrole nitrogens is 1. The van der Waals surface area contributed by atoms with Crippen molar-refractivity contribution in [3.8, 4) is 0 Å². The zero-order valence-electron chi connectivity index (χ0n) is 15.8. The van der Waals surface area contributed by atoms with Crippen LogP contribution in [0, 0.1) is 5.82 Å². The van der Waals surface area contributed by atoms with Gasteiger partial charge >= 0.3 is 0 Å². The maximum Gasteiger partial charge on any atom is 0.267 e.